The van der Waals surface area contributed by atoms with E-state index in [2.05, 4.69) is 14.9 Å². The lowest BCUT2D eigenvalue weighted by Gasteiger charge is -2.31. The lowest BCUT2D eigenvalue weighted by atomic mass is 9.85. The van der Waals surface area contributed by atoms with E-state index in [9.17, 15) is 0 Å². The topological polar surface area (TPSA) is 55.0 Å². The molecule has 1 aliphatic carbocycles. The predicted molar refractivity (Wildman–Crippen MR) is 67.6 cm³/mol. The van der Waals surface area contributed by atoms with Crippen molar-refractivity contribution in [2.45, 2.75) is 44.7 Å². The van der Waals surface area contributed by atoms with Crippen LogP contribution in [0, 0.1) is 5.92 Å². The largest absolute Gasteiger partial charge is 0.338 e. The van der Waals surface area contributed by atoms with E-state index < -0.39 is 0 Å². The Bertz CT molecular complexity index is 393. The zero-order chi connectivity index (χ0) is 11.7. The number of anilines is 1. The average molecular weight is 232 g/mol. The summed E-state index contributed by atoms with van der Waals surface area (Å²) in [6.07, 6.45) is 8.59. The van der Waals surface area contributed by atoms with Crippen molar-refractivity contribution in [2.24, 2.45) is 11.7 Å². The van der Waals surface area contributed by atoms with Crippen LogP contribution in [0.5, 0.6) is 0 Å². The van der Waals surface area contributed by atoms with Gasteiger partial charge in [0.25, 0.3) is 0 Å². The van der Waals surface area contributed by atoms with Gasteiger partial charge in [-0.2, -0.15) is 0 Å². The van der Waals surface area contributed by atoms with E-state index in [0.29, 0.717) is 12.6 Å². The van der Waals surface area contributed by atoms with Gasteiger partial charge < -0.3 is 10.6 Å². The minimum atomic E-state index is 0.497. The van der Waals surface area contributed by atoms with Crippen LogP contribution in [0.4, 0.5) is 5.95 Å². The highest BCUT2D eigenvalue weighted by Crippen LogP contribution is 2.37. The summed E-state index contributed by atoms with van der Waals surface area (Å²) in [5, 5.41) is 0. The monoisotopic (exact) mass is 232 g/mol. The smallest absolute Gasteiger partial charge is 0.225 e. The molecular weight excluding hydrogens is 212 g/mol. The fourth-order valence-corrected chi connectivity index (χ4v) is 3.29. The molecular formula is C13H20N4. The number of aromatic nitrogens is 2. The average Bonchev–Trinajstić information content (AvgIpc) is 2.82. The standard InChI is InChI=1S/C13H20N4/c14-9-11-5-7-15-13(16-11)17-8-6-10-3-1-2-4-12(10)17/h5,7,10,12H,1-4,6,8-9,14H2. The van der Waals surface area contributed by atoms with E-state index in [0.717, 1.165) is 24.1 Å². The summed E-state index contributed by atoms with van der Waals surface area (Å²) in [4.78, 5) is 11.4. The Labute approximate surface area is 102 Å². The van der Waals surface area contributed by atoms with Crippen LogP contribution in [0.2, 0.25) is 0 Å². The van der Waals surface area contributed by atoms with Gasteiger partial charge in [0.05, 0.1) is 5.69 Å². The van der Waals surface area contributed by atoms with Crippen molar-refractivity contribution in [3.05, 3.63) is 18.0 Å². The Kier molecular flexibility index (Phi) is 2.97. The first kappa shape index (κ1) is 11.0. The van der Waals surface area contributed by atoms with E-state index in [4.69, 9.17) is 5.73 Å². The predicted octanol–water partition coefficient (Wildman–Crippen LogP) is 1.70. The number of fused-ring (bicyclic) bond motifs is 1. The van der Waals surface area contributed by atoms with E-state index in [1.807, 2.05) is 12.3 Å². The molecule has 1 aromatic rings. The lowest BCUT2D eigenvalue weighted by Crippen LogP contribution is -2.36. The van der Waals surface area contributed by atoms with Gasteiger partial charge in [0.1, 0.15) is 0 Å². The van der Waals surface area contributed by atoms with E-state index in [1.165, 1.54) is 32.1 Å². The van der Waals surface area contributed by atoms with Crippen LogP contribution < -0.4 is 10.6 Å². The molecule has 1 aromatic heterocycles. The van der Waals surface area contributed by atoms with E-state index >= 15 is 0 Å². The van der Waals surface area contributed by atoms with E-state index in [-0.39, 0.29) is 0 Å². The van der Waals surface area contributed by atoms with Crippen LogP contribution >= 0.6 is 0 Å². The summed E-state index contributed by atoms with van der Waals surface area (Å²) < 4.78 is 0. The summed E-state index contributed by atoms with van der Waals surface area (Å²) in [5.74, 6) is 1.76. The number of nitrogens with zero attached hydrogens (tertiary/aromatic N) is 3. The van der Waals surface area contributed by atoms with Crippen molar-refractivity contribution >= 4 is 5.95 Å². The maximum absolute atomic E-state index is 5.64. The molecule has 3 rings (SSSR count). The Hall–Kier alpha value is -1.16. The zero-order valence-electron chi connectivity index (χ0n) is 10.2. The number of nitrogens with two attached hydrogens (primary N) is 1. The second-order valence-electron chi connectivity index (χ2n) is 5.15. The maximum Gasteiger partial charge on any atom is 0.225 e. The fourth-order valence-electron chi connectivity index (χ4n) is 3.29. The molecule has 0 spiro atoms. The highest BCUT2D eigenvalue weighted by Gasteiger charge is 2.36. The number of rotatable bonds is 2. The maximum atomic E-state index is 5.64. The second-order valence-corrected chi connectivity index (χ2v) is 5.15. The third-order valence-electron chi connectivity index (χ3n) is 4.18. The molecule has 2 N–H and O–H groups in total. The van der Waals surface area contributed by atoms with Crippen LogP contribution in [0.15, 0.2) is 12.3 Å². The van der Waals surface area contributed by atoms with Crippen molar-refractivity contribution in [2.75, 3.05) is 11.4 Å². The molecule has 0 bridgehead atoms. The van der Waals surface area contributed by atoms with Crippen molar-refractivity contribution in [1.29, 1.82) is 0 Å². The fraction of sp³-hybridized carbons (Fsp3) is 0.692. The second kappa shape index (κ2) is 4.61. The van der Waals surface area contributed by atoms with Crippen molar-refractivity contribution < 1.29 is 0 Å². The minimum Gasteiger partial charge on any atom is -0.338 e. The molecule has 92 valence electrons. The molecule has 0 amide bonds. The SMILES string of the molecule is NCc1ccnc(N2CCC3CCCCC32)n1. The molecule has 17 heavy (non-hydrogen) atoms. The molecule has 0 aromatic carbocycles. The molecule has 2 aliphatic rings. The highest BCUT2D eigenvalue weighted by molar-refractivity contribution is 5.35. The van der Waals surface area contributed by atoms with Crippen LogP contribution in [-0.2, 0) is 6.54 Å². The van der Waals surface area contributed by atoms with Gasteiger partial charge in [0.15, 0.2) is 0 Å². The van der Waals surface area contributed by atoms with Gasteiger partial charge in [0, 0.05) is 25.3 Å². The molecule has 4 heteroatoms. The summed E-state index contributed by atoms with van der Waals surface area (Å²) in [6, 6.07) is 2.58. The zero-order valence-corrected chi connectivity index (χ0v) is 10.2. The first-order valence-corrected chi connectivity index (χ1v) is 6.67. The molecule has 1 saturated heterocycles. The summed E-state index contributed by atoms with van der Waals surface area (Å²) in [7, 11) is 0. The van der Waals surface area contributed by atoms with Crippen LogP contribution in [-0.4, -0.2) is 22.6 Å². The van der Waals surface area contributed by atoms with Crippen LogP contribution in [0.25, 0.3) is 0 Å². The molecule has 2 heterocycles. The van der Waals surface area contributed by atoms with Gasteiger partial charge in [0.2, 0.25) is 5.95 Å². The summed E-state index contributed by atoms with van der Waals surface area (Å²) in [6.45, 7) is 1.61. The van der Waals surface area contributed by atoms with Gasteiger partial charge in [-0.25, -0.2) is 9.97 Å². The Morgan fingerprint density at radius 1 is 1.29 bits per heavy atom. The number of hydrogen-bond acceptors (Lipinski definition) is 4. The van der Waals surface area contributed by atoms with Gasteiger partial charge in [-0.05, 0) is 31.2 Å². The summed E-state index contributed by atoms with van der Waals surface area (Å²) >= 11 is 0. The van der Waals surface area contributed by atoms with Gasteiger partial charge in [-0.3, -0.25) is 0 Å². The molecule has 2 fully saturated rings. The normalized spacial score (nSPS) is 28.2. The molecule has 4 nitrogen and oxygen atoms in total. The van der Waals surface area contributed by atoms with Crippen molar-refractivity contribution in [3.8, 4) is 0 Å². The third-order valence-corrected chi connectivity index (χ3v) is 4.18. The van der Waals surface area contributed by atoms with Crippen molar-refractivity contribution in [1.82, 2.24) is 9.97 Å². The molecule has 1 saturated carbocycles. The van der Waals surface area contributed by atoms with Crippen LogP contribution in [0.1, 0.15) is 37.8 Å². The lowest BCUT2D eigenvalue weighted by molar-refractivity contribution is 0.340. The molecule has 2 unspecified atom stereocenters. The van der Waals surface area contributed by atoms with Crippen LogP contribution in [0.3, 0.4) is 0 Å². The van der Waals surface area contributed by atoms with Gasteiger partial charge in [-0.1, -0.05) is 12.8 Å². The highest BCUT2D eigenvalue weighted by atomic mass is 15.3. The number of hydrogen-bond donors (Lipinski definition) is 1. The first-order valence-electron chi connectivity index (χ1n) is 6.67. The quantitative estimate of drug-likeness (QED) is 0.843. The van der Waals surface area contributed by atoms with Gasteiger partial charge >= 0.3 is 0 Å². The minimum absolute atomic E-state index is 0.497. The Balaban J connectivity index is 1.83. The first-order chi connectivity index (χ1) is 8.38. The summed E-state index contributed by atoms with van der Waals surface area (Å²) in [5.41, 5.74) is 6.58. The Morgan fingerprint density at radius 2 is 2.18 bits per heavy atom. The third kappa shape index (κ3) is 2.02. The van der Waals surface area contributed by atoms with Crippen molar-refractivity contribution in [3.63, 3.8) is 0 Å². The Morgan fingerprint density at radius 3 is 3.06 bits per heavy atom. The molecule has 1 aliphatic heterocycles. The van der Waals surface area contributed by atoms with E-state index in [1.54, 1.807) is 0 Å². The molecule has 0 radical (unpaired) electrons. The molecule has 2 atom stereocenters. The van der Waals surface area contributed by atoms with Gasteiger partial charge in [-0.15, -0.1) is 0 Å².